The van der Waals surface area contributed by atoms with Gasteiger partial charge in [-0.15, -0.1) is 0 Å². The van der Waals surface area contributed by atoms with Crippen LogP contribution in [0.5, 0.6) is 0 Å². The second-order valence-corrected chi connectivity index (χ2v) is 7.83. The number of hydrogen-bond donors (Lipinski definition) is 0. The van der Waals surface area contributed by atoms with Crippen molar-refractivity contribution in [3.63, 3.8) is 0 Å². The van der Waals surface area contributed by atoms with Crippen LogP contribution in [0.25, 0.3) is 17.4 Å². The summed E-state index contributed by atoms with van der Waals surface area (Å²) in [7, 11) is 0. The molecule has 0 N–H and O–H groups in total. The highest BCUT2D eigenvalue weighted by atomic mass is 32.2. The van der Waals surface area contributed by atoms with Gasteiger partial charge in [-0.25, -0.2) is 0 Å². The van der Waals surface area contributed by atoms with E-state index in [9.17, 15) is 24.5 Å². The molecule has 0 aliphatic carbocycles. The Morgan fingerprint density at radius 3 is 2.63 bits per heavy atom. The third-order valence-electron chi connectivity index (χ3n) is 4.89. The standard InChI is InChI=1S/C20H17N3O6S/c24-18(21-9-3-4-10-21)12-22-19(25)17(30-20(22)26)11-13-7-8-16(29-13)14-5-1-2-6-15(14)23(27)28/h1-2,5-8,11H,3-4,9-10,12H2/b17-11+. The van der Waals surface area contributed by atoms with Crippen LogP contribution in [0.1, 0.15) is 18.6 Å². The SMILES string of the molecule is O=C(CN1C(=O)S/C(=C/c2ccc(-c3ccccc3[N+](=O)[O-])o2)C1=O)N1CCCC1. The van der Waals surface area contributed by atoms with Gasteiger partial charge in [-0.2, -0.15) is 0 Å². The summed E-state index contributed by atoms with van der Waals surface area (Å²) in [6, 6.07) is 9.29. The topological polar surface area (TPSA) is 114 Å². The molecule has 1 aromatic carbocycles. The largest absolute Gasteiger partial charge is 0.456 e. The van der Waals surface area contributed by atoms with Crippen molar-refractivity contribution in [2.75, 3.05) is 19.6 Å². The summed E-state index contributed by atoms with van der Waals surface area (Å²) >= 11 is 0.734. The predicted octanol–water partition coefficient (Wildman–Crippen LogP) is 3.51. The number of thioether (sulfide) groups is 1. The van der Waals surface area contributed by atoms with Crippen molar-refractivity contribution in [1.29, 1.82) is 0 Å². The van der Waals surface area contributed by atoms with Gasteiger partial charge in [0.1, 0.15) is 18.1 Å². The first kappa shape index (κ1) is 19.9. The Morgan fingerprint density at radius 1 is 1.17 bits per heavy atom. The maximum Gasteiger partial charge on any atom is 0.294 e. The molecule has 3 heterocycles. The van der Waals surface area contributed by atoms with Gasteiger partial charge in [-0.1, -0.05) is 12.1 Å². The number of para-hydroxylation sites is 1. The second-order valence-electron chi connectivity index (χ2n) is 6.83. The molecule has 0 saturated carbocycles. The van der Waals surface area contributed by atoms with Gasteiger partial charge >= 0.3 is 0 Å². The maximum atomic E-state index is 12.6. The van der Waals surface area contributed by atoms with Crippen molar-refractivity contribution < 1.29 is 23.7 Å². The van der Waals surface area contributed by atoms with Gasteiger partial charge in [-0.05, 0) is 42.8 Å². The third-order valence-corrected chi connectivity index (χ3v) is 5.80. The van der Waals surface area contributed by atoms with Crippen LogP contribution in [0, 0.1) is 10.1 Å². The van der Waals surface area contributed by atoms with Crippen LogP contribution in [0.2, 0.25) is 0 Å². The Kier molecular flexibility index (Phi) is 5.40. The number of likely N-dealkylation sites (tertiary alicyclic amines) is 1. The Bertz CT molecular complexity index is 1070. The molecule has 0 atom stereocenters. The minimum absolute atomic E-state index is 0.0980. The first-order valence-corrected chi connectivity index (χ1v) is 10.1. The lowest BCUT2D eigenvalue weighted by atomic mass is 10.1. The highest BCUT2D eigenvalue weighted by Crippen LogP contribution is 2.35. The van der Waals surface area contributed by atoms with Crippen LogP contribution < -0.4 is 0 Å². The molecule has 154 valence electrons. The van der Waals surface area contributed by atoms with Crippen molar-refractivity contribution in [2.45, 2.75) is 12.8 Å². The van der Waals surface area contributed by atoms with Gasteiger partial charge in [0.15, 0.2) is 0 Å². The summed E-state index contributed by atoms with van der Waals surface area (Å²) in [4.78, 5) is 50.6. The highest BCUT2D eigenvalue weighted by molar-refractivity contribution is 8.18. The zero-order valence-electron chi connectivity index (χ0n) is 15.8. The summed E-state index contributed by atoms with van der Waals surface area (Å²) in [6.45, 7) is 1.01. The monoisotopic (exact) mass is 427 g/mol. The molecular formula is C20H17N3O6S. The van der Waals surface area contributed by atoms with Gasteiger partial charge < -0.3 is 9.32 Å². The minimum Gasteiger partial charge on any atom is -0.456 e. The smallest absolute Gasteiger partial charge is 0.294 e. The van der Waals surface area contributed by atoms with Crippen LogP contribution in [-0.4, -0.2) is 51.4 Å². The molecule has 2 aliphatic rings. The lowest BCUT2D eigenvalue weighted by Gasteiger charge is -2.18. The van der Waals surface area contributed by atoms with Crippen molar-refractivity contribution in [3.8, 4) is 11.3 Å². The quantitative estimate of drug-likeness (QED) is 0.407. The lowest BCUT2D eigenvalue weighted by molar-refractivity contribution is -0.384. The fourth-order valence-electron chi connectivity index (χ4n) is 3.38. The number of furan rings is 1. The van der Waals surface area contributed by atoms with E-state index in [2.05, 4.69) is 0 Å². The molecule has 2 aliphatic heterocycles. The predicted molar refractivity (Wildman–Crippen MR) is 109 cm³/mol. The normalized spacial score (nSPS) is 17.9. The minimum atomic E-state index is -0.554. The van der Waals surface area contributed by atoms with Crippen LogP contribution in [0.4, 0.5) is 10.5 Å². The first-order chi connectivity index (χ1) is 14.4. The Labute approximate surface area is 175 Å². The summed E-state index contributed by atoms with van der Waals surface area (Å²) in [5, 5.41) is 10.7. The summed E-state index contributed by atoms with van der Waals surface area (Å²) in [5.41, 5.74) is 0.214. The summed E-state index contributed by atoms with van der Waals surface area (Å²) in [5.74, 6) is -0.245. The number of nitrogens with zero attached hydrogens (tertiary/aromatic N) is 3. The van der Waals surface area contributed by atoms with E-state index >= 15 is 0 Å². The number of imide groups is 1. The van der Waals surface area contributed by atoms with E-state index in [0.717, 1.165) is 29.5 Å². The molecule has 30 heavy (non-hydrogen) atoms. The van der Waals surface area contributed by atoms with E-state index in [-0.39, 0.29) is 34.6 Å². The maximum absolute atomic E-state index is 12.6. The molecule has 3 amide bonds. The number of carbonyl (C=O) groups is 3. The highest BCUT2D eigenvalue weighted by Gasteiger charge is 2.37. The fraction of sp³-hybridized carbons (Fsp3) is 0.250. The molecule has 0 radical (unpaired) electrons. The van der Waals surface area contributed by atoms with Gasteiger partial charge in [0, 0.05) is 25.2 Å². The van der Waals surface area contributed by atoms with E-state index < -0.39 is 16.1 Å². The first-order valence-electron chi connectivity index (χ1n) is 9.31. The summed E-state index contributed by atoms with van der Waals surface area (Å²) in [6.07, 6.45) is 3.26. The van der Waals surface area contributed by atoms with E-state index in [1.807, 2.05) is 0 Å². The van der Waals surface area contributed by atoms with Gasteiger partial charge in [0.2, 0.25) is 5.91 Å². The van der Waals surface area contributed by atoms with E-state index in [4.69, 9.17) is 4.42 Å². The average molecular weight is 427 g/mol. The molecular weight excluding hydrogens is 410 g/mol. The van der Waals surface area contributed by atoms with Crippen LogP contribution in [0.3, 0.4) is 0 Å². The van der Waals surface area contributed by atoms with Crippen LogP contribution in [-0.2, 0) is 9.59 Å². The van der Waals surface area contributed by atoms with Crippen molar-refractivity contribution in [2.24, 2.45) is 0 Å². The molecule has 2 aromatic rings. The van der Waals surface area contributed by atoms with Crippen LogP contribution >= 0.6 is 11.8 Å². The third kappa shape index (κ3) is 3.86. The Balaban J connectivity index is 1.52. The number of amides is 3. The second kappa shape index (κ2) is 8.15. The average Bonchev–Trinajstić information content (AvgIpc) is 3.47. The number of nitro benzene ring substituents is 1. The zero-order valence-corrected chi connectivity index (χ0v) is 16.6. The van der Waals surface area contributed by atoms with E-state index in [0.29, 0.717) is 18.7 Å². The van der Waals surface area contributed by atoms with E-state index in [1.54, 1.807) is 35.2 Å². The number of nitro groups is 1. The Hall–Kier alpha value is -3.40. The molecule has 1 aromatic heterocycles. The molecule has 4 rings (SSSR count). The zero-order chi connectivity index (χ0) is 21.3. The van der Waals surface area contributed by atoms with Crippen molar-refractivity contribution in [1.82, 2.24) is 9.80 Å². The van der Waals surface area contributed by atoms with E-state index in [1.165, 1.54) is 12.1 Å². The van der Waals surface area contributed by atoms with Crippen LogP contribution in [0.15, 0.2) is 45.7 Å². The fourth-order valence-corrected chi connectivity index (χ4v) is 4.20. The molecule has 10 heteroatoms. The molecule has 0 unspecified atom stereocenters. The molecule has 0 spiro atoms. The molecule has 2 fully saturated rings. The van der Waals surface area contributed by atoms with Gasteiger partial charge in [-0.3, -0.25) is 29.4 Å². The molecule has 9 nitrogen and oxygen atoms in total. The lowest BCUT2D eigenvalue weighted by Crippen LogP contribution is -2.40. The van der Waals surface area contributed by atoms with Gasteiger partial charge in [0.25, 0.3) is 16.8 Å². The number of benzene rings is 1. The number of hydrogen-bond acceptors (Lipinski definition) is 7. The van der Waals surface area contributed by atoms with Crippen molar-refractivity contribution in [3.05, 3.63) is 57.2 Å². The molecule has 2 saturated heterocycles. The Morgan fingerprint density at radius 2 is 1.90 bits per heavy atom. The molecule has 0 bridgehead atoms. The number of carbonyl (C=O) groups excluding carboxylic acids is 3. The van der Waals surface area contributed by atoms with Gasteiger partial charge in [0.05, 0.1) is 15.4 Å². The summed E-state index contributed by atoms with van der Waals surface area (Å²) < 4.78 is 5.65. The van der Waals surface area contributed by atoms with Crippen molar-refractivity contribution >= 4 is 40.6 Å². The number of rotatable bonds is 5.